The van der Waals surface area contributed by atoms with Crippen LogP contribution in [-0.4, -0.2) is 5.54 Å². The second kappa shape index (κ2) is 5.25. The first kappa shape index (κ1) is 13.9. The summed E-state index contributed by atoms with van der Waals surface area (Å²) in [6.07, 6.45) is 4.33. The van der Waals surface area contributed by atoms with Crippen LogP contribution < -0.4 is 5.73 Å². The van der Waals surface area contributed by atoms with Crippen LogP contribution in [0.2, 0.25) is 0 Å². The van der Waals surface area contributed by atoms with Gasteiger partial charge in [0.1, 0.15) is 11.6 Å². The zero-order valence-electron chi connectivity index (χ0n) is 10.5. The van der Waals surface area contributed by atoms with E-state index >= 15 is 0 Å². The minimum absolute atomic E-state index is 0.112. The smallest absolute Gasteiger partial charge is 0.143 e. The SMILES string of the molecule is CC1CCCCC1(N)Cc1c(F)ccc(Br)c1F. The topological polar surface area (TPSA) is 26.0 Å². The molecule has 0 heterocycles. The van der Waals surface area contributed by atoms with Crippen molar-refractivity contribution in [3.8, 4) is 0 Å². The fraction of sp³-hybridized carbons (Fsp3) is 0.571. The van der Waals surface area contributed by atoms with Gasteiger partial charge >= 0.3 is 0 Å². The number of halogens is 3. The Labute approximate surface area is 115 Å². The van der Waals surface area contributed by atoms with Crippen LogP contribution in [0.3, 0.4) is 0 Å². The molecule has 1 aromatic carbocycles. The summed E-state index contributed by atoms with van der Waals surface area (Å²) in [5.74, 6) is -0.722. The number of hydrogen-bond acceptors (Lipinski definition) is 1. The Hall–Kier alpha value is -0.480. The summed E-state index contributed by atoms with van der Waals surface area (Å²) in [6, 6.07) is 2.68. The molecule has 0 spiro atoms. The van der Waals surface area contributed by atoms with Crippen molar-refractivity contribution >= 4 is 15.9 Å². The number of rotatable bonds is 2. The predicted molar refractivity (Wildman–Crippen MR) is 72.3 cm³/mol. The summed E-state index contributed by atoms with van der Waals surface area (Å²) in [7, 11) is 0. The molecule has 2 rings (SSSR count). The molecule has 0 bridgehead atoms. The van der Waals surface area contributed by atoms with Crippen LogP contribution in [-0.2, 0) is 6.42 Å². The minimum Gasteiger partial charge on any atom is -0.325 e. The molecule has 2 atom stereocenters. The maximum Gasteiger partial charge on any atom is 0.143 e. The Morgan fingerprint density at radius 1 is 1.39 bits per heavy atom. The Morgan fingerprint density at radius 3 is 2.78 bits per heavy atom. The summed E-state index contributed by atoms with van der Waals surface area (Å²) in [4.78, 5) is 0. The lowest BCUT2D eigenvalue weighted by atomic mass is 9.71. The molecular formula is C14H18BrF2N. The van der Waals surface area contributed by atoms with Crippen LogP contribution in [0.1, 0.15) is 38.2 Å². The van der Waals surface area contributed by atoms with Gasteiger partial charge in [-0.25, -0.2) is 8.78 Å². The molecule has 1 nitrogen and oxygen atoms in total. The lowest BCUT2D eigenvalue weighted by molar-refractivity contribution is 0.200. The van der Waals surface area contributed by atoms with Gasteiger partial charge in [-0.15, -0.1) is 0 Å². The highest BCUT2D eigenvalue weighted by atomic mass is 79.9. The lowest BCUT2D eigenvalue weighted by Crippen LogP contribution is -2.50. The number of benzene rings is 1. The Morgan fingerprint density at radius 2 is 2.11 bits per heavy atom. The van der Waals surface area contributed by atoms with Gasteiger partial charge in [0.05, 0.1) is 4.47 Å². The zero-order chi connectivity index (χ0) is 13.3. The molecule has 100 valence electrons. The third-order valence-electron chi connectivity index (χ3n) is 4.16. The fourth-order valence-electron chi connectivity index (χ4n) is 2.76. The highest BCUT2D eigenvalue weighted by Gasteiger charge is 2.36. The van der Waals surface area contributed by atoms with Gasteiger partial charge in [0.2, 0.25) is 0 Å². The lowest BCUT2D eigenvalue weighted by Gasteiger charge is -2.39. The van der Waals surface area contributed by atoms with Crippen LogP contribution in [0.15, 0.2) is 16.6 Å². The molecular weight excluding hydrogens is 300 g/mol. The summed E-state index contributed by atoms with van der Waals surface area (Å²) in [6.45, 7) is 2.08. The third-order valence-corrected chi connectivity index (χ3v) is 4.77. The van der Waals surface area contributed by atoms with Gasteiger partial charge in [0.25, 0.3) is 0 Å². The number of nitrogens with two attached hydrogens (primary N) is 1. The van der Waals surface area contributed by atoms with Crippen LogP contribution in [0, 0.1) is 17.6 Å². The van der Waals surface area contributed by atoms with E-state index in [0.717, 1.165) is 25.7 Å². The standard InChI is InChI=1S/C14H18BrF2N/c1-9-4-2-3-7-14(9,18)8-10-12(16)6-5-11(15)13(10)17/h5-6,9H,2-4,7-8,18H2,1H3. The van der Waals surface area contributed by atoms with Crippen LogP contribution in [0.25, 0.3) is 0 Å². The first-order valence-corrected chi connectivity index (χ1v) is 7.14. The van der Waals surface area contributed by atoms with Crippen molar-refractivity contribution in [2.24, 2.45) is 11.7 Å². The van der Waals surface area contributed by atoms with Crippen LogP contribution >= 0.6 is 15.9 Å². The average molecular weight is 318 g/mol. The van der Waals surface area contributed by atoms with E-state index in [9.17, 15) is 8.78 Å². The second-order valence-corrected chi connectivity index (χ2v) is 6.23. The minimum atomic E-state index is -0.516. The number of hydrogen-bond donors (Lipinski definition) is 1. The van der Waals surface area contributed by atoms with E-state index in [4.69, 9.17) is 5.73 Å². The van der Waals surface area contributed by atoms with Gasteiger partial charge < -0.3 is 5.73 Å². The average Bonchev–Trinajstić information content (AvgIpc) is 2.34. The summed E-state index contributed by atoms with van der Waals surface area (Å²) >= 11 is 3.10. The van der Waals surface area contributed by atoms with E-state index in [1.165, 1.54) is 12.1 Å². The van der Waals surface area contributed by atoms with E-state index in [2.05, 4.69) is 22.9 Å². The molecule has 2 unspecified atom stereocenters. The molecule has 4 heteroatoms. The van der Waals surface area contributed by atoms with Crippen molar-refractivity contribution in [3.63, 3.8) is 0 Å². The van der Waals surface area contributed by atoms with Crippen molar-refractivity contribution in [1.29, 1.82) is 0 Å². The molecule has 1 fully saturated rings. The molecule has 0 radical (unpaired) electrons. The molecule has 2 N–H and O–H groups in total. The summed E-state index contributed by atoms with van der Waals surface area (Å²) in [5.41, 5.74) is 6.00. The molecule has 1 saturated carbocycles. The highest BCUT2D eigenvalue weighted by Crippen LogP contribution is 2.36. The molecule has 0 amide bonds. The van der Waals surface area contributed by atoms with Gasteiger partial charge in [-0.05, 0) is 53.2 Å². The maximum atomic E-state index is 14.0. The summed E-state index contributed by atoms with van der Waals surface area (Å²) < 4.78 is 28.0. The van der Waals surface area contributed by atoms with Gasteiger partial charge in [-0.3, -0.25) is 0 Å². The summed E-state index contributed by atoms with van der Waals surface area (Å²) in [5, 5.41) is 0. The van der Waals surface area contributed by atoms with E-state index in [0.29, 0.717) is 10.4 Å². The largest absolute Gasteiger partial charge is 0.325 e. The molecule has 1 aliphatic carbocycles. The highest BCUT2D eigenvalue weighted by molar-refractivity contribution is 9.10. The van der Waals surface area contributed by atoms with Crippen molar-refractivity contribution in [3.05, 3.63) is 33.8 Å². The fourth-order valence-corrected chi connectivity index (χ4v) is 3.13. The quantitative estimate of drug-likeness (QED) is 0.814. The molecule has 0 aromatic heterocycles. The van der Waals surface area contributed by atoms with E-state index < -0.39 is 17.2 Å². The van der Waals surface area contributed by atoms with E-state index in [1.807, 2.05) is 0 Å². The van der Waals surface area contributed by atoms with Crippen LogP contribution in [0.4, 0.5) is 8.78 Å². The first-order valence-electron chi connectivity index (χ1n) is 6.35. The normalized spacial score (nSPS) is 28.4. The van der Waals surface area contributed by atoms with Crippen molar-refractivity contribution < 1.29 is 8.78 Å². The molecule has 0 aliphatic heterocycles. The molecule has 1 aromatic rings. The van der Waals surface area contributed by atoms with Crippen molar-refractivity contribution in [2.75, 3.05) is 0 Å². The van der Waals surface area contributed by atoms with E-state index in [-0.39, 0.29) is 12.0 Å². The Bertz CT molecular complexity index is 450. The second-order valence-electron chi connectivity index (χ2n) is 5.38. The molecule has 1 aliphatic rings. The molecule has 18 heavy (non-hydrogen) atoms. The Kier molecular flexibility index (Phi) is 4.07. The van der Waals surface area contributed by atoms with E-state index in [1.54, 1.807) is 0 Å². The van der Waals surface area contributed by atoms with Gasteiger partial charge in [0, 0.05) is 11.1 Å². The maximum absolute atomic E-state index is 14.0. The predicted octanol–water partition coefficient (Wildman–Crippen LogP) is 4.18. The van der Waals surface area contributed by atoms with Crippen LogP contribution in [0.5, 0.6) is 0 Å². The Balaban J connectivity index is 2.31. The monoisotopic (exact) mass is 317 g/mol. The van der Waals surface area contributed by atoms with Crippen molar-refractivity contribution in [2.45, 2.75) is 44.6 Å². The van der Waals surface area contributed by atoms with Gasteiger partial charge in [-0.2, -0.15) is 0 Å². The van der Waals surface area contributed by atoms with Gasteiger partial charge in [-0.1, -0.05) is 19.8 Å². The molecule has 0 saturated heterocycles. The third kappa shape index (κ3) is 2.59. The first-order chi connectivity index (χ1) is 8.44. The van der Waals surface area contributed by atoms with Gasteiger partial charge in [0.15, 0.2) is 0 Å². The van der Waals surface area contributed by atoms with Crippen molar-refractivity contribution in [1.82, 2.24) is 0 Å². The zero-order valence-corrected chi connectivity index (χ0v) is 12.1.